The Kier molecular flexibility index (Phi) is 4.77. The van der Waals surface area contributed by atoms with E-state index in [1.165, 1.54) is 37.7 Å². The van der Waals surface area contributed by atoms with Gasteiger partial charge in [0.15, 0.2) is 5.65 Å². The largest absolute Gasteiger partial charge is 0.476 e. The van der Waals surface area contributed by atoms with Gasteiger partial charge in [-0.1, -0.05) is 49.6 Å². The third-order valence-corrected chi connectivity index (χ3v) is 4.73. The predicted octanol–water partition coefficient (Wildman–Crippen LogP) is 3.92. The molecule has 0 atom stereocenters. The molecule has 6 nitrogen and oxygen atoms in total. The van der Waals surface area contributed by atoms with E-state index in [4.69, 9.17) is 4.74 Å². The van der Waals surface area contributed by atoms with E-state index in [1.807, 2.05) is 18.2 Å². The van der Waals surface area contributed by atoms with Crippen LogP contribution in [-0.2, 0) is 6.54 Å². The number of nitrogens with one attached hydrogen (secondary N) is 2. The molecule has 1 saturated carbocycles. The molecule has 0 aliphatic heterocycles. The minimum absolute atomic E-state index is 0.544. The molecule has 6 heteroatoms. The molecular weight excluding hydrogens is 314 g/mol. The summed E-state index contributed by atoms with van der Waals surface area (Å²) in [4.78, 5) is 16.4. The number of benzene rings is 1. The van der Waals surface area contributed by atoms with Crippen LogP contribution < -0.4 is 10.1 Å². The van der Waals surface area contributed by atoms with Gasteiger partial charge in [-0.15, -0.1) is 0 Å². The predicted molar refractivity (Wildman–Crippen MR) is 97.5 cm³/mol. The molecule has 0 saturated heterocycles. The highest BCUT2D eigenvalue weighted by atomic mass is 16.5. The molecule has 3 aromatic rings. The number of anilines is 1. The molecule has 0 amide bonds. The van der Waals surface area contributed by atoms with Crippen LogP contribution in [0.1, 0.15) is 37.7 Å². The van der Waals surface area contributed by atoms with Gasteiger partial charge in [-0.2, -0.15) is 9.97 Å². The molecule has 1 aliphatic carbocycles. The van der Waals surface area contributed by atoms with E-state index in [0.717, 1.165) is 5.52 Å². The van der Waals surface area contributed by atoms with Crippen molar-refractivity contribution in [3.8, 4) is 5.88 Å². The van der Waals surface area contributed by atoms with Crippen molar-refractivity contribution in [2.45, 2.75) is 38.6 Å². The van der Waals surface area contributed by atoms with Gasteiger partial charge in [0.1, 0.15) is 5.52 Å². The highest BCUT2D eigenvalue weighted by Crippen LogP contribution is 2.26. The summed E-state index contributed by atoms with van der Waals surface area (Å²) in [6.07, 6.45) is 8.09. The second-order valence-electron chi connectivity index (χ2n) is 6.61. The first-order valence-corrected chi connectivity index (χ1v) is 9.00. The Morgan fingerprint density at radius 3 is 2.76 bits per heavy atom. The van der Waals surface area contributed by atoms with E-state index >= 15 is 0 Å². The lowest BCUT2D eigenvalue weighted by Gasteiger charge is -2.21. The normalized spacial score (nSPS) is 15.4. The lowest BCUT2D eigenvalue weighted by atomic mass is 9.90. The molecule has 2 aromatic heterocycles. The number of imidazole rings is 1. The number of hydrogen-bond donors (Lipinski definition) is 2. The Bertz CT molecular complexity index is 811. The molecule has 1 aliphatic rings. The van der Waals surface area contributed by atoms with Gasteiger partial charge in [-0.3, -0.25) is 0 Å². The molecule has 0 bridgehead atoms. The zero-order valence-electron chi connectivity index (χ0n) is 14.2. The van der Waals surface area contributed by atoms with Crippen molar-refractivity contribution in [3.05, 3.63) is 42.2 Å². The molecule has 2 heterocycles. The minimum Gasteiger partial charge on any atom is -0.476 e. The molecule has 1 fully saturated rings. The van der Waals surface area contributed by atoms with Crippen LogP contribution in [0.3, 0.4) is 0 Å². The fourth-order valence-electron chi connectivity index (χ4n) is 3.32. The number of aromatic amines is 1. The molecule has 0 radical (unpaired) electrons. The third kappa shape index (κ3) is 3.90. The highest BCUT2D eigenvalue weighted by Gasteiger charge is 2.17. The van der Waals surface area contributed by atoms with E-state index in [0.29, 0.717) is 36.5 Å². The first-order chi connectivity index (χ1) is 12.4. The lowest BCUT2D eigenvalue weighted by molar-refractivity contribution is 0.205. The summed E-state index contributed by atoms with van der Waals surface area (Å²) in [5.74, 6) is 1.76. The zero-order chi connectivity index (χ0) is 16.9. The van der Waals surface area contributed by atoms with Crippen molar-refractivity contribution in [1.29, 1.82) is 0 Å². The van der Waals surface area contributed by atoms with Gasteiger partial charge in [0, 0.05) is 6.54 Å². The molecule has 4 rings (SSSR count). The first kappa shape index (κ1) is 15.9. The van der Waals surface area contributed by atoms with Gasteiger partial charge in [-0.05, 0) is 24.3 Å². The molecular formula is C19H23N5O. The third-order valence-electron chi connectivity index (χ3n) is 4.73. The van der Waals surface area contributed by atoms with Crippen molar-refractivity contribution < 1.29 is 4.74 Å². The van der Waals surface area contributed by atoms with Gasteiger partial charge in [0.05, 0.1) is 12.9 Å². The maximum Gasteiger partial charge on any atom is 0.245 e. The highest BCUT2D eigenvalue weighted by molar-refractivity contribution is 5.76. The van der Waals surface area contributed by atoms with E-state index < -0.39 is 0 Å². The molecule has 130 valence electrons. The summed E-state index contributed by atoms with van der Waals surface area (Å²) >= 11 is 0. The number of rotatable bonds is 6. The van der Waals surface area contributed by atoms with Crippen LogP contribution in [0.4, 0.5) is 5.95 Å². The summed E-state index contributed by atoms with van der Waals surface area (Å²) in [5.41, 5.74) is 2.57. The topological polar surface area (TPSA) is 75.7 Å². The number of ether oxygens (including phenoxy) is 1. The fourth-order valence-corrected chi connectivity index (χ4v) is 3.32. The van der Waals surface area contributed by atoms with Crippen LogP contribution in [0, 0.1) is 5.92 Å². The van der Waals surface area contributed by atoms with Crippen LogP contribution in [0.2, 0.25) is 0 Å². The Labute approximate surface area is 147 Å². The van der Waals surface area contributed by atoms with Gasteiger partial charge in [0.2, 0.25) is 11.8 Å². The summed E-state index contributed by atoms with van der Waals surface area (Å²) in [7, 11) is 0. The first-order valence-electron chi connectivity index (χ1n) is 9.00. The molecule has 2 N–H and O–H groups in total. The summed E-state index contributed by atoms with van der Waals surface area (Å²) in [5, 5.41) is 3.27. The van der Waals surface area contributed by atoms with Crippen molar-refractivity contribution in [2.24, 2.45) is 5.92 Å². The molecule has 25 heavy (non-hydrogen) atoms. The number of aromatic nitrogens is 4. The van der Waals surface area contributed by atoms with Crippen LogP contribution in [0.25, 0.3) is 11.2 Å². The molecule has 0 spiro atoms. The standard InChI is InChI=1S/C19H23N5O/c1-3-7-14(8-4-1)11-20-19-23-17-16(21-13-22-17)18(24-19)25-12-15-9-5-2-6-10-15/h1,3-4,7-8,13,15H,2,5-6,9-12H2,(H2,20,21,22,23,24). The number of hydrogen-bond acceptors (Lipinski definition) is 5. The average Bonchev–Trinajstić information content (AvgIpc) is 3.15. The Morgan fingerprint density at radius 2 is 1.92 bits per heavy atom. The summed E-state index contributed by atoms with van der Waals surface area (Å²) in [6.45, 7) is 1.38. The summed E-state index contributed by atoms with van der Waals surface area (Å²) < 4.78 is 6.05. The zero-order valence-corrected chi connectivity index (χ0v) is 14.2. The summed E-state index contributed by atoms with van der Waals surface area (Å²) in [6, 6.07) is 10.2. The van der Waals surface area contributed by atoms with Crippen LogP contribution >= 0.6 is 0 Å². The lowest BCUT2D eigenvalue weighted by Crippen LogP contribution is -2.16. The minimum atomic E-state index is 0.544. The van der Waals surface area contributed by atoms with Crippen LogP contribution in [-0.4, -0.2) is 26.5 Å². The van der Waals surface area contributed by atoms with Gasteiger partial charge in [0.25, 0.3) is 0 Å². The fraction of sp³-hybridized carbons (Fsp3) is 0.421. The molecule has 1 aromatic carbocycles. The van der Waals surface area contributed by atoms with Gasteiger partial charge < -0.3 is 15.0 Å². The van der Waals surface area contributed by atoms with Crippen LogP contribution in [0.5, 0.6) is 5.88 Å². The van der Waals surface area contributed by atoms with E-state index in [-0.39, 0.29) is 0 Å². The second-order valence-corrected chi connectivity index (χ2v) is 6.61. The Balaban J connectivity index is 1.48. The van der Waals surface area contributed by atoms with E-state index in [9.17, 15) is 0 Å². The van der Waals surface area contributed by atoms with E-state index in [2.05, 4.69) is 37.4 Å². The second kappa shape index (κ2) is 7.51. The Morgan fingerprint density at radius 1 is 1.08 bits per heavy atom. The molecule has 0 unspecified atom stereocenters. The van der Waals surface area contributed by atoms with Crippen molar-refractivity contribution in [1.82, 2.24) is 19.9 Å². The maximum atomic E-state index is 6.05. The maximum absolute atomic E-state index is 6.05. The van der Waals surface area contributed by atoms with Crippen molar-refractivity contribution in [3.63, 3.8) is 0 Å². The smallest absolute Gasteiger partial charge is 0.245 e. The van der Waals surface area contributed by atoms with Crippen molar-refractivity contribution in [2.75, 3.05) is 11.9 Å². The van der Waals surface area contributed by atoms with E-state index in [1.54, 1.807) is 6.33 Å². The quantitative estimate of drug-likeness (QED) is 0.713. The van der Waals surface area contributed by atoms with Gasteiger partial charge in [-0.25, -0.2) is 4.98 Å². The average molecular weight is 337 g/mol. The van der Waals surface area contributed by atoms with Crippen LogP contribution in [0.15, 0.2) is 36.7 Å². The number of nitrogens with zero attached hydrogens (tertiary/aromatic N) is 3. The Hall–Kier alpha value is -2.63. The monoisotopic (exact) mass is 337 g/mol. The SMILES string of the molecule is c1ccc(CNc2nc(OCC3CCCCC3)c3[nH]cnc3n2)cc1. The van der Waals surface area contributed by atoms with Crippen molar-refractivity contribution >= 4 is 17.1 Å². The number of fused-ring (bicyclic) bond motifs is 1. The van der Waals surface area contributed by atoms with Gasteiger partial charge >= 0.3 is 0 Å². The number of H-pyrrole nitrogens is 1.